The second kappa shape index (κ2) is 8.24. The Hall–Kier alpha value is -2.16. The molecule has 1 N–H and O–H groups in total. The van der Waals surface area contributed by atoms with Gasteiger partial charge in [-0.15, -0.1) is 11.3 Å². The van der Waals surface area contributed by atoms with Crippen molar-refractivity contribution in [2.45, 2.75) is 23.5 Å². The second-order valence-electron chi connectivity index (χ2n) is 6.19. The van der Waals surface area contributed by atoms with E-state index in [0.717, 1.165) is 30.6 Å². The third-order valence-corrected chi connectivity index (χ3v) is 7.91. The Morgan fingerprint density at radius 2 is 1.85 bits per heavy atom. The van der Waals surface area contributed by atoms with Crippen LogP contribution < -0.4 is 4.74 Å². The average molecular weight is 408 g/mol. The zero-order valence-corrected chi connectivity index (χ0v) is 16.6. The lowest BCUT2D eigenvalue weighted by molar-refractivity contribution is -0.130. The Balaban J connectivity index is 1.97. The van der Waals surface area contributed by atoms with Crippen molar-refractivity contribution in [3.8, 4) is 5.75 Å². The highest BCUT2D eigenvalue weighted by Crippen LogP contribution is 2.33. The number of carboxylic acid groups (broad SMARTS) is 1. The summed E-state index contributed by atoms with van der Waals surface area (Å²) in [5, 5.41) is 9.65. The Morgan fingerprint density at radius 1 is 1.15 bits per heavy atom. The van der Waals surface area contributed by atoms with E-state index >= 15 is 0 Å². The number of rotatable bonds is 6. The van der Waals surface area contributed by atoms with E-state index in [1.54, 1.807) is 30.3 Å². The van der Waals surface area contributed by atoms with Gasteiger partial charge in [0.1, 0.15) is 9.96 Å². The normalized spacial score (nSPS) is 16.3. The molecule has 0 bridgehead atoms. The molecule has 8 heteroatoms. The van der Waals surface area contributed by atoms with E-state index in [9.17, 15) is 18.3 Å². The molecule has 0 aliphatic carbocycles. The number of nitrogens with zero attached hydrogens (tertiary/aromatic N) is 1. The third kappa shape index (κ3) is 4.23. The highest BCUT2D eigenvalue weighted by atomic mass is 32.2. The molecule has 0 amide bonds. The predicted octanol–water partition coefficient (Wildman–Crippen LogP) is 3.56. The molecule has 1 saturated heterocycles. The third-order valence-electron chi connectivity index (χ3n) is 4.43. The first-order chi connectivity index (χ1) is 12.9. The molecular formula is C19H21NO5S2. The maximum absolute atomic E-state index is 12.8. The predicted molar refractivity (Wildman–Crippen MR) is 105 cm³/mol. The van der Waals surface area contributed by atoms with Crippen LogP contribution in [0.1, 0.15) is 29.7 Å². The summed E-state index contributed by atoms with van der Waals surface area (Å²) in [6, 6.07) is 10.1. The fourth-order valence-corrected chi connectivity index (χ4v) is 6.00. The Bertz CT molecular complexity index is 956. The van der Waals surface area contributed by atoms with Crippen LogP contribution in [0.5, 0.6) is 5.75 Å². The van der Waals surface area contributed by atoms with Crippen LogP contribution in [-0.2, 0) is 14.8 Å². The molecule has 27 heavy (non-hydrogen) atoms. The number of hydrogen-bond donors (Lipinski definition) is 1. The lowest BCUT2D eigenvalue weighted by atomic mass is 10.1. The molecule has 0 saturated carbocycles. The molecule has 1 fully saturated rings. The standard InChI is InChI=1S/C19H21NO5S2/c1-25-16-8-4-3-7-14(16)13-15(19(21)22)17-9-10-18(26-17)27(23,24)20-11-5-2-6-12-20/h3-4,7-10,13H,2,5-6,11-12H2,1H3,(H,21,22)/b15-13-. The number of sulfonamides is 1. The molecule has 0 unspecified atom stereocenters. The molecule has 1 aliphatic heterocycles. The van der Waals surface area contributed by atoms with E-state index in [0.29, 0.717) is 29.3 Å². The number of hydrogen-bond acceptors (Lipinski definition) is 5. The SMILES string of the molecule is COc1ccccc1/C=C(\C(=O)O)c1ccc(S(=O)(=O)N2CCCCC2)s1. The van der Waals surface area contributed by atoms with Crippen molar-refractivity contribution in [2.24, 2.45) is 0 Å². The van der Waals surface area contributed by atoms with E-state index in [-0.39, 0.29) is 9.78 Å². The maximum Gasteiger partial charge on any atom is 0.337 e. The van der Waals surface area contributed by atoms with E-state index in [1.807, 2.05) is 0 Å². The van der Waals surface area contributed by atoms with Crippen molar-refractivity contribution in [2.75, 3.05) is 20.2 Å². The van der Waals surface area contributed by atoms with Crippen LogP contribution in [-0.4, -0.2) is 44.0 Å². The number of benzene rings is 1. The average Bonchev–Trinajstić information content (AvgIpc) is 3.17. The number of para-hydroxylation sites is 1. The minimum atomic E-state index is -3.58. The van der Waals surface area contributed by atoms with E-state index in [4.69, 9.17) is 4.74 Å². The first-order valence-electron chi connectivity index (χ1n) is 8.62. The number of carboxylic acids is 1. The van der Waals surface area contributed by atoms with Crippen molar-refractivity contribution in [1.29, 1.82) is 0 Å². The first-order valence-corrected chi connectivity index (χ1v) is 10.9. The molecule has 0 spiro atoms. The second-order valence-corrected chi connectivity index (χ2v) is 9.44. The molecule has 0 atom stereocenters. The van der Waals surface area contributed by atoms with Gasteiger partial charge in [0.2, 0.25) is 0 Å². The monoisotopic (exact) mass is 407 g/mol. The van der Waals surface area contributed by atoms with Crippen molar-refractivity contribution < 1.29 is 23.1 Å². The number of carbonyl (C=O) groups is 1. The molecule has 1 aromatic heterocycles. The van der Waals surface area contributed by atoms with Gasteiger partial charge in [-0.2, -0.15) is 4.31 Å². The van der Waals surface area contributed by atoms with Crippen molar-refractivity contribution >= 4 is 39.0 Å². The summed E-state index contributed by atoms with van der Waals surface area (Å²) in [6.07, 6.45) is 4.24. The van der Waals surface area contributed by atoms with Gasteiger partial charge >= 0.3 is 5.97 Å². The van der Waals surface area contributed by atoms with Crippen molar-refractivity contribution in [3.63, 3.8) is 0 Å². The summed E-state index contributed by atoms with van der Waals surface area (Å²) >= 11 is 0.983. The minimum absolute atomic E-state index is 0.0320. The molecule has 2 heterocycles. The highest BCUT2D eigenvalue weighted by molar-refractivity contribution is 7.91. The fraction of sp³-hybridized carbons (Fsp3) is 0.316. The molecule has 0 radical (unpaired) electrons. The van der Waals surface area contributed by atoms with E-state index in [1.165, 1.54) is 23.6 Å². The molecular weight excluding hydrogens is 386 g/mol. The van der Waals surface area contributed by atoms with Crippen LogP contribution in [0.2, 0.25) is 0 Å². The van der Waals surface area contributed by atoms with Crippen LogP contribution in [0.15, 0.2) is 40.6 Å². The Morgan fingerprint density at radius 3 is 2.52 bits per heavy atom. The topological polar surface area (TPSA) is 83.9 Å². The van der Waals surface area contributed by atoms with Crippen LogP contribution in [0, 0.1) is 0 Å². The number of thiophene rings is 1. The van der Waals surface area contributed by atoms with Gasteiger partial charge in [-0.1, -0.05) is 24.6 Å². The van der Waals surface area contributed by atoms with E-state index in [2.05, 4.69) is 0 Å². The van der Waals surface area contributed by atoms with Crippen LogP contribution in [0.3, 0.4) is 0 Å². The minimum Gasteiger partial charge on any atom is -0.496 e. The summed E-state index contributed by atoms with van der Waals surface area (Å²) in [5.74, 6) is -0.571. The number of aliphatic carboxylic acids is 1. The highest BCUT2D eigenvalue weighted by Gasteiger charge is 2.28. The summed E-state index contributed by atoms with van der Waals surface area (Å²) in [5.41, 5.74) is 0.649. The number of piperidine rings is 1. The van der Waals surface area contributed by atoms with Gasteiger partial charge < -0.3 is 9.84 Å². The maximum atomic E-state index is 12.8. The lowest BCUT2D eigenvalue weighted by Crippen LogP contribution is -2.35. The number of methoxy groups -OCH3 is 1. The molecule has 1 aromatic carbocycles. The van der Waals surface area contributed by atoms with Gasteiger partial charge in [0, 0.05) is 23.5 Å². The zero-order valence-electron chi connectivity index (χ0n) is 14.9. The summed E-state index contributed by atoms with van der Waals surface area (Å²) < 4.78 is 32.5. The first kappa shape index (κ1) is 19.6. The molecule has 144 valence electrons. The zero-order chi connectivity index (χ0) is 19.4. The Labute approximate surface area is 162 Å². The molecule has 1 aliphatic rings. The van der Waals surface area contributed by atoms with Crippen molar-refractivity contribution in [3.05, 3.63) is 46.8 Å². The van der Waals surface area contributed by atoms with Crippen LogP contribution in [0.25, 0.3) is 11.6 Å². The molecule has 2 aromatic rings. The molecule has 3 rings (SSSR count). The van der Waals surface area contributed by atoms with Crippen LogP contribution >= 0.6 is 11.3 Å². The summed E-state index contributed by atoms with van der Waals surface area (Å²) in [6.45, 7) is 1.02. The smallest absolute Gasteiger partial charge is 0.337 e. The van der Waals surface area contributed by atoms with Gasteiger partial charge in [0.15, 0.2) is 0 Å². The largest absolute Gasteiger partial charge is 0.496 e. The van der Waals surface area contributed by atoms with Crippen LogP contribution in [0.4, 0.5) is 0 Å². The Kier molecular flexibility index (Phi) is 5.98. The molecule has 6 nitrogen and oxygen atoms in total. The fourth-order valence-electron chi connectivity index (χ4n) is 3.02. The lowest BCUT2D eigenvalue weighted by Gasteiger charge is -2.25. The van der Waals surface area contributed by atoms with E-state index < -0.39 is 16.0 Å². The number of ether oxygens (including phenoxy) is 1. The van der Waals surface area contributed by atoms with Crippen molar-refractivity contribution in [1.82, 2.24) is 4.31 Å². The quantitative estimate of drug-likeness (QED) is 0.740. The van der Waals surface area contributed by atoms with Gasteiger partial charge in [0.05, 0.1) is 12.7 Å². The van der Waals surface area contributed by atoms with Gasteiger partial charge in [-0.3, -0.25) is 0 Å². The van der Waals surface area contributed by atoms with Gasteiger partial charge in [0.25, 0.3) is 10.0 Å². The summed E-state index contributed by atoms with van der Waals surface area (Å²) in [4.78, 5) is 12.2. The summed E-state index contributed by atoms with van der Waals surface area (Å²) in [7, 11) is -2.06. The van der Waals surface area contributed by atoms with Gasteiger partial charge in [-0.25, -0.2) is 13.2 Å². The van der Waals surface area contributed by atoms with Gasteiger partial charge in [-0.05, 0) is 37.1 Å².